The minimum absolute atomic E-state index is 0.212. The van der Waals surface area contributed by atoms with E-state index in [4.69, 9.17) is 19.4 Å². The Kier molecular flexibility index (Phi) is 17.1. The van der Waals surface area contributed by atoms with Crippen molar-refractivity contribution >= 4 is 91.6 Å². The van der Waals surface area contributed by atoms with Crippen molar-refractivity contribution in [3.8, 4) is 22.3 Å². The molecule has 0 spiro atoms. The average Bonchev–Trinajstić information content (AvgIpc) is 3.63. The topological polar surface area (TPSA) is 199 Å². The first-order valence-electron chi connectivity index (χ1n) is 26.4. The lowest BCUT2D eigenvalue weighted by atomic mass is 10.0. The number of benzene rings is 6. The van der Waals surface area contributed by atoms with Gasteiger partial charge < -0.3 is 40.5 Å². The van der Waals surface area contributed by atoms with Crippen LogP contribution in [0, 0.1) is 0 Å². The number of hydrogen-bond donors (Lipinski definition) is 4. The number of aromatic nitrogens is 4. The fourth-order valence-corrected chi connectivity index (χ4v) is 9.63. The van der Waals surface area contributed by atoms with E-state index in [2.05, 4.69) is 88.3 Å². The second-order valence-corrected chi connectivity index (χ2v) is 19.1. The third kappa shape index (κ3) is 13.8. The minimum Gasteiger partial charge on any atom is -0.461 e. The molecule has 2 aromatic heterocycles. The van der Waals surface area contributed by atoms with Crippen LogP contribution < -0.4 is 31.1 Å². The molecule has 6 aromatic carbocycles. The van der Waals surface area contributed by atoms with Gasteiger partial charge in [0.2, 0.25) is 23.7 Å². The van der Waals surface area contributed by atoms with E-state index in [1.165, 1.54) is 12.2 Å². The molecule has 2 aliphatic heterocycles. The van der Waals surface area contributed by atoms with Crippen LogP contribution in [0.15, 0.2) is 183 Å². The molecule has 80 heavy (non-hydrogen) atoms. The van der Waals surface area contributed by atoms with E-state index < -0.39 is 11.9 Å². The standard InChI is InChI=1S/C62H60N12O6/c1-3-55(75)65-49-13-5-9-43(39-49)53-15-7-11-45-41-63-61(69-59(45)53)67-47-17-21-51(22-18-47)73-31-27-71(28-32-73)35-37-79-57(77)25-26-58(78)80-38-36-72-29-33-74(34-30-72)52-23-19-48(20-24-52)68-62-64-42-46-12-8-16-54(60(46)70-62)44-10-6-14-50(40-44)66-56(76)4-2/h3-26,39-42H,1-2,27-38H2,(H,65,75)(H,66,76)(H,63,67,69)(H,64,68,70)/b26-25-. The van der Waals surface area contributed by atoms with Crippen LogP contribution in [0.3, 0.4) is 0 Å². The number of piperazine rings is 2. The molecule has 10 rings (SSSR count). The normalized spacial score (nSPS) is 13.9. The molecule has 0 unspecified atom stereocenters. The van der Waals surface area contributed by atoms with Crippen LogP contribution in [0.25, 0.3) is 44.1 Å². The van der Waals surface area contributed by atoms with E-state index in [0.29, 0.717) is 36.4 Å². The Labute approximate surface area is 463 Å². The van der Waals surface area contributed by atoms with Crippen molar-refractivity contribution in [2.75, 3.05) is 110 Å². The highest BCUT2D eigenvalue weighted by Gasteiger charge is 2.20. The Bertz CT molecular complexity index is 3340. The summed E-state index contributed by atoms with van der Waals surface area (Å²) in [6, 6.07) is 43.5. The van der Waals surface area contributed by atoms with Crippen LogP contribution >= 0.6 is 0 Å². The van der Waals surface area contributed by atoms with Gasteiger partial charge in [-0.1, -0.05) is 73.8 Å². The largest absolute Gasteiger partial charge is 0.461 e. The number of esters is 2. The summed E-state index contributed by atoms with van der Waals surface area (Å²) in [6.45, 7) is 15.2. The maximum absolute atomic E-state index is 12.5. The van der Waals surface area contributed by atoms with Crippen molar-refractivity contribution in [1.82, 2.24) is 29.7 Å². The van der Waals surface area contributed by atoms with Gasteiger partial charge in [0.25, 0.3) is 0 Å². The highest BCUT2D eigenvalue weighted by molar-refractivity contribution is 6.01. The summed E-state index contributed by atoms with van der Waals surface area (Å²) in [6.07, 6.45) is 8.33. The van der Waals surface area contributed by atoms with Crippen LogP contribution in [0.5, 0.6) is 0 Å². The lowest BCUT2D eigenvalue weighted by Crippen LogP contribution is -2.47. The van der Waals surface area contributed by atoms with Crippen molar-refractivity contribution in [2.24, 2.45) is 0 Å². The van der Waals surface area contributed by atoms with Crippen molar-refractivity contribution in [3.05, 3.63) is 183 Å². The molecule has 2 aliphatic rings. The quantitative estimate of drug-likeness (QED) is 0.0416. The van der Waals surface area contributed by atoms with Gasteiger partial charge in [0, 0.05) is 146 Å². The zero-order valence-electron chi connectivity index (χ0n) is 44.1. The Morgan fingerprint density at radius 3 is 1.29 bits per heavy atom. The van der Waals surface area contributed by atoms with Gasteiger partial charge in [0.05, 0.1) is 11.0 Å². The highest BCUT2D eigenvalue weighted by Crippen LogP contribution is 2.32. The maximum atomic E-state index is 12.5. The number of carbonyl (C=O) groups is 4. The molecule has 0 aliphatic carbocycles. The Morgan fingerprint density at radius 2 is 0.887 bits per heavy atom. The Hall–Kier alpha value is -9.78. The van der Waals surface area contributed by atoms with E-state index in [0.717, 1.165) is 131 Å². The van der Waals surface area contributed by atoms with Gasteiger partial charge in [-0.15, -0.1) is 0 Å². The van der Waals surface area contributed by atoms with Gasteiger partial charge in [-0.2, -0.15) is 0 Å². The molecule has 0 saturated carbocycles. The number of para-hydroxylation sites is 2. The van der Waals surface area contributed by atoms with E-state index in [-0.39, 0.29) is 25.0 Å². The summed E-state index contributed by atoms with van der Waals surface area (Å²) in [5, 5.41) is 14.1. The van der Waals surface area contributed by atoms with E-state index >= 15 is 0 Å². The Morgan fingerprint density at radius 1 is 0.487 bits per heavy atom. The maximum Gasteiger partial charge on any atom is 0.331 e. The Balaban J connectivity index is 0.602. The second kappa shape index (κ2) is 25.6. The van der Waals surface area contributed by atoms with Crippen molar-refractivity contribution < 1.29 is 28.7 Å². The molecule has 4 N–H and O–H groups in total. The van der Waals surface area contributed by atoms with E-state index in [1.54, 1.807) is 12.4 Å². The number of rotatable bonds is 20. The first kappa shape index (κ1) is 53.6. The molecule has 18 nitrogen and oxygen atoms in total. The second-order valence-electron chi connectivity index (χ2n) is 19.1. The first-order valence-corrected chi connectivity index (χ1v) is 26.4. The molecule has 18 heteroatoms. The molecule has 8 aromatic rings. The lowest BCUT2D eigenvalue weighted by molar-refractivity contribution is -0.141. The molecule has 2 fully saturated rings. The smallest absolute Gasteiger partial charge is 0.331 e. The molecule has 0 bridgehead atoms. The SMILES string of the molecule is C=CC(=O)Nc1cccc(-c2cccc3cnc(Nc4ccc(N5CCN(CCOC(=O)/C=C\C(=O)OCCN6CCN(c7ccc(Nc8ncc9cccc(-c%10cccc(NC(=O)C=C)c%10)c9n8)cc7)CC6)CC5)cc4)nc23)c1. The fraction of sp³-hybridized carbons (Fsp3) is 0.194. The lowest BCUT2D eigenvalue weighted by Gasteiger charge is -2.36. The summed E-state index contributed by atoms with van der Waals surface area (Å²) in [7, 11) is 0. The van der Waals surface area contributed by atoms with Crippen LogP contribution in [0.1, 0.15) is 0 Å². The highest BCUT2D eigenvalue weighted by atomic mass is 16.5. The van der Waals surface area contributed by atoms with Crippen molar-refractivity contribution in [2.45, 2.75) is 0 Å². The average molecular weight is 1070 g/mol. The van der Waals surface area contributed by atoms with Crippen molar-refractivity contribution in [3.63, 3.8) is 0 Å². The van der Waals surface area contributed by atoms with E-state index in [9.17, 15) is 19.2 Å². The van der Waals surface area contributed by atoms with E-state index in [1.807, 2.05) is 109 Å². The minimum atomic E-state index is -0.586. The molecule has 404 valence electrons. The third-order valence-electron chi connectivity index (χ3n) is 13.9. The first-order chi connectivity index (χ1) is 39.1. The van der Waals surface area contributed by atoms with Gasteiger partial charge in [0.1, 0.15) is 13.2 Å². The number of nitrogens with zero attached hydrogens (tertiary/aromatic N) is 8. The molecule has 4 heterocycles. The summed E-state index contributed by atoms with van der Waals surface area (Å²) in [4.78, 5) is 76.7. The number of anilines is 8. The van der Waals surface area contributed by atoms with Crippen LogP contribution in [0.2, 0.25) is 0 Å². The summed E-state index contributed by atoms with van der Waals surface area (Å²) < 4.78 is 10.8. The predicted molar refractivity (Wildman–Crippen MR) is 315 cm³/mol. The molecular formula is C62H60N12O6. The molecule has 0 atom stereocenters. The summed E-state index contributed by atoms with van der Waals surface area (Å²) >= 11 is 0. The zero-order chi connectivity index (χ0) is 55.2. The van der Waals surface area contributed by atoms with Gasteiger partial charge in [-0.25, -0.2) is 29.5 Å². The molecule has 0 radical (unpaired) electrons. The number of hydrogen-bond acceptors (Lipinski definition) is 16. The number of amides is 2. The van der Waals surface area contributed by atoms with Gasteiger partial charge in [-0.05, 0) is 96.1 Å². The monoisotopic (exact) mass is 1070 g/mol. The molecular weight excluding hydrogens is 1010 g/mol. The van der Waals surface area contributed by atoms with Crippen LogP contribution in [-0.4, -0.2) is 132 Å². The molecule has 2 amide bonds. The van der Waals surface area contributed by atoms with Gasteiger partial charge in [0.15, 0.2) is 0 Å². The fourth-order valence-electron chi connectivity index (χ4n) is 9.63. The number of nitrogens with one attached hydrogen (secondary N) is 4. The van der Waals surface area contributed by atoms with Crippen LogP contribution in [0.4, 0.5) is 46.0 Å². The van der Waals surface area contributed by atoms with Gasteiger partial charge >= 0.3 is 11.9 Å². The third-order valence-corrected chi connectivity index (χ3v) is 13.9. The summed E-state index contributed by atoms with van der Waals surface area (Å²) in [5.41, 5.74) is 10.5. The van der Waals surface area contributed by atoms with Gasteiger partial charge in [-0.3, -0.25) is 19.4 Å². The van der Waals surface area contributed by atoms with Crippen LogP contribution in [-0.2, 0) is 28.7 Å². The zero-order valence-corrected chi connectivity index (χ0v) is 44.1. The molecule has 2 saturated heterocycles. The number of ether oxygens (including phenoxy) is 2. The summed E-state index contributed by atoms with van der Waals surface area (Å²) in [5.74, 6) is -0.784. The number of carbonyl (C=O) groups excluding carboxylic acids is 4. The van der Waals surface area contributed by atoms with Crippen molar-refractivity contribution in [1.29, 1.82) is 0 Å². The number of fused-ring (bicyclic) bond motifs is 2. The predicted octanol–water partition coefficient (Wildman–Crippen LogP) is 9.23.